The molecule has 0 amide bonds. The third kappa shape index (κ3) is 3.65. The molecule has 0 saturated carbocycles. The molecule has 0 radical (unpaired) electrons. The second kappa shape index (κ2) is 6.78. The molecule has 21 heavy (non-hydrogen) atoms. The Morgan fingerprint density at radius 2 is 2.00 bits per heavy atom. The molecule has 0 aliphatic rings. The molecule has 0 fully saturated rings. The average molecular weight is 373 g/mol. The highest BCUT2D eigenvalue weighted by Crippen LogP contribution is 2.35. The van der Waals surface area contributed by atoms with Crippen molar-refractivity contribution >= 4 is 33.2 Å². The summed E-state index contributed by atoms with van der Waals surface area (Å²) in [7, 11) is 1.38. The molecule has 0 unspecified atom stereocenters. The molecule has 0 aliphatic heterocycles. The number of rotatable bonds is 5. The Balaban J connectivity index is 2.38. The van der Waals surface area contributed by atoms with Gasteiger partial charge in [-0.05, 0) is 24.3 Å². The minimum atomic E-state index is -0.519. The van der Waals surface area contributed by atoms with Gasteiger partial charge in [0.25, 0.3) is 0 Å². The van der Waals surface area contributed by atoms with Gasteiger partial charge in [-0.1, -0.05) is 33.6 Å². The maximum absolute atomic E-state index is 11.0. The van der Waals surface area contributed by atoms with Gasteiger partial charge in [0.15, 0.2) is 5.75 Å². The Morgan fingerprint density at radius 3 is 2.62 bits per heavy atom. The highest BCUT2D eigenvalue weighted by molar-refractivity contribution is 9.08. The van der Waals surface area contributed by atoms with E-state index in [0.717, 1.165) is 5.56 Å². The van der Waals surface area contributed by atoms with Crippen molar-refractivity contribution < 1.29 is 14.4 Å². The standard InChI is InChI=1S/C14H11BrClNO4/c1-20-13-5-4-11(7-12(13)17(18)19)21-14-6-10(16)3-2-9(14)8-15/h2-7H,8H2,1H3. The van der Waals surface area contributed by atoms with Crippen LogP contribution in [0.1, 0.15) is 5.56 Å². The molecule has 0 aromatic heterocycles. The maximum Gasteiger partial charge on any atom is 0.314 e. The van der Waals surface area contributed by atoms with Crippen molar-refractivity contribution in [2.45, 2.75) is 5.33 Å². The van der Waals surface area contributed by atoms with Crippen LogP contribution in [-0.4, -0.2) is 12.0 Å². The van der Waals surface area contributed by atoms with E-state index in [1.54, 1.807) is 18.2 Å². The lowest BCUT2D eigenvalue weighted by molar-refractivity contribution is -0.385. The van der Waals surface area contributed by atoms with E-state index < -0.39 is 4.92 Å². The van der Waals surface area contributed by atoms with Gasteiger partial charge in [0.2, 0.25) is 0 Å². The van der Waals surface area contributed by atoms with Gasteiger partial charge in [-0.25, -0.2) is 0 Å². The van der Waals surface area contributed by atoms with Crippen LogP contribution in [0.3, 0.4) is 0 Å². The normalized spacial score (nSPS) is 10.2. The first kappa shape index (κ1) is 15.6. The summed E-state index contributed by atoms with van der Waals surface area (Å²) in [4.78, 5) is 10.5. The summed E-state index contributed by atoms with van der Waals surface area (Å²) in [6.45, 7) is 0. The van der Waals surface area contributed by atoms with E-state index >= 15 is 0 Å². The molecular weight excluding hydrogens is 362 g/mol. The summed E-state index contributed by atoms with van der Waals surface area (Å²) in [5.41, 5.74) is 0.732. The molecule has 0 N–H and O–H groups in total. The third-order valence-electron chi connectivity index (χ3n) is 2.75. The molecule has 2 rings (SSSR count). The second-order valence-electron chi connectivity index (χ2n) is 4.08. The minimum Gasteiger partial charge on any atom is -0.490 e. The van der Waals surface area contributed by atoms with Crippen LogP contribution in [0.5, 0.6) is 17.2 Å². The summed E-state index contributed by atoms with van der Waals surface area (Å²) in [5.74, 6) is 1.06. The van der Waals surface area contributed by atoms with E-state index in [9.17, 15) is 10.1 Å². The van der Waals surface area contributed by atoms with Gasteiger partial charge in [-0.2, -0.15) is 0 Å². The highest BCUT2D eigenvalue weighted by atomic mass is 79.9. The Kier molecular flexibility index (Phi) is 5.03. The summed E-state index contributed by atoms with van der Waals surface area (Å²) in [6.07, 6.45) is 0. The zero-order chi connectivity index (χ0) is 15.4. The van der Waals surface area contributed by atoms with Crippen LogP contribution in [0.15, 0.2) is 36.4 Å². The zero-order valence-electron chi connectivity index (χ0n) is 11.0. The van der Waals surface area contributed by atoms with E-state index in [2.05, 4.69) is 15.9 Å². The van der Waals surface area contributed by atoms with Gasteiger partial charge in [0.05, 0.1) is 18.1 Å². The number of nitro benzene ring substituents is 1. The number of hydrogen-bond acceptors (Lipinski definition) is 4. The largest absolute Gasteiger partial charge is 0.490 e. The lowest BCUT2D eigenvalue weighted by Gasteiger charge is -2.11. The first-order valence-electron chi connectivity index (χ1n) is 5.90. The van der Waals surface area contributed by atoms with Crippen molar-refractivity contribution in [3.63, 3.8) is 0 Å². The van der Waals surface area contributed by atoms with Crippen LogP contribution >= 0.6 is 27.5 Å². The fraction of sp³-hybridized carbons (Fsp3) is 0.143. The number of benzene rings is 2. The minimum absolute atomic E-state index is 0.155. The van der Waals surface area contributed by atoms with Crippen molar-refractivity contribution in [2.75, 3.05) is 7.11 Å². The van der Waals surface area contributed by atoms with Crippen LogP contribution in [0.25, 0.3) is 0 Å². The average Bonchev–Trinajstić information content (AvgIpc) is 2.47. The monoisotopic (exact) mass is 371 g/mol. The van der Waals surface area contributed by atoms with Gasteiger partial charge in [-0.15, -0.1) is 0 Å². The number of ether oxygens (including phenoxy) is 2. The molecular formula is C14H11BrClNO4. The number of nitro groups is 1. The SMILES string of the molecule is COc1ccc(Oc2cc(Cl)ccc2CBr)cc1[N+](=O)[O-]. The summed E-state index contributed by atoms with van der Waals surface area (Å²) in [5, 5.41) is 12.1. The van der Waals surface area contributed by atoms with Gasteiger partial charge < -0.3 is 9.47 Å². The van der Waals surface area contributed by atoms with E-state index in [4.69, 9.17) is 21.1 Å². The highest BCUT2D eigenvalue weighted by Gasteiger charge is 2.16. The molecule has 2 aromatic rings. The topological polar surface area (TPSA) is 61.6 Å². The first-order chi connectivity index (χ1) is 10.0. The van der Waals surface area contributed by atoms with Gasteiger partial charge in [0.1, 0.15) is 11.5 Å². The Hall–Kier alpha value is -1.79. The lowest BCUT2D eigenvalue weighted by atomic mass is 10.2. The van der Waals surface area contributed by atoms with Crippen LogP contribution in [0, 0.1) is 10.1 Å². The number of hydrogen-bond donors (Lipinski definition) is 0. The van der Waals surface area contributed by atoms with Crippen LogP contribution in [-0.2, 0) is 5.33 Å². The van der Waals surface area contributed by atoms with Crippen molar-refractivity contribution in [1.29, 1.82) is 0 Å². The summed E-state index contributed by atoms with van der Waals surface area (Å²) in [6, 6.07) is 9.65. The first-order valence-corrected chi connectivity index (χ1v) is 7.39. The number of nitrogens with zero attached hydrogens (tertiary/aromatic N) is 1. The van der Waals surface area contributed by atoms with Crippen molar-refractivity contribution in [1.82, 2.24) is 0 Å². The second-order valence-corrected chi connectivity index (χ2v) is 5.08. The Labute approximate surface area is 134 Å². The van der Waals surface area contributed by atoms with Crippen LogP contribution in [0.4, 0.5) is 5.69 Å². The molecule has 0 heterocycles. The fourth-order valence-corrected chi connectivity index (χ4v) is 2.36. The molecule has 0 spiro atoms. The van der Waals surface area contributed by atoms with Gasteiger partial charge in [-0.3, -0.25) is 10.1 Å². The van der Waals surface area contributed by atoms with Gasteiger partial charge in [0, 0.05) is 15.9 Å². The number of halogens is 2. The quantitative estimate of drug-likeness (QED) is 0.423. The van der Waals surface area contributed by atoms with E-state index in [1.165, 1.54) is 19.2 Å². The lowest BCUT2D eigenvalue weighted by Crippen LogP contribution is -1.95. The smallest absolute Gasteiger partial charge is 0.314 e. The van der Waals surface area contributed by atoms with Crippen molar-refractivity contribution in [2.24, 2.45) is 0 Å². The molecule has 0 saturated heterocycles. The van der Waals surface area contributed by atoms with Crippen molar-refractivity contribution in [3.8, 4) is 17.2 Å². The Bertz CT molecular complexity index is 678. The van der Waals surface area contributed by atoms with E-state index in [0.29, 0.717) is 21.9 Å². The fourth-order valence-electron chi connectivity index (χ4n) is 1.74. The Morgan fingerprint density at radius 1 is 1.24 bits per heavy atom. The van der Waals surface area contributed by atoms with Crippen LogP contribution in [0.2, 0.25) is 5.02 Å². The number of alkyl halides is 1. The molecule has 5 nitrogen and oxygen atoms in total. The molecule has 7 heteroatoms. The predicted molar refractivity (Wildman–Crippen MR) is 83.8 cm³/mol. The zero-order valence-corrected chi connectivity index (χ0v) is 13.3. The van der Waals surface area contributed by atoms with Crippen molar-refractivity contribution in [3.05, 3.63) is 57.1 Å². The molecule has 0 atom stereocenters. The molecule has 0 aliphatic carbocycles. The molecule has 110 valence electrons. The maximum atomic E-state index is 11.0. The van der Waals surface area contributed by atoms with Gasteiger partial charge >= 0.3 is 5.69 Å². The predicted octanol–water partition coefficient (Wildman–Crippen LogP) is 4.94. The van der Waals surface area contributed by atoms with E-state index in [-0.39, 0.29) is 11.4 Å². The summed E-state index contributed by atoms with van der Waals surface area (Å²) >= 11 is 9.30. The number of methoxy groups -OCH3 is 1. The third-order valence-corrected chi connectivity index (χ3v) is 3.59. The van der Waals surface area contributed by atoms with Crippen LogP contribution < -0.4 is 9.47 Å². The molecule has 0 bridgehead atoms. The van der Waals surface area contributed by atoms with E-state index in [1.807, 2.05) is 6.07 Å². The summed E-state index contributed by atoms with van der Waals surface area (Å²) < 4.78 is 10.6. The molecule has 2 aromatic carbocycles.